The van der Waals surface area contributed by atoms with Crippen molar-refractivity contribution in [3.8, 4) is 0 Å². The summed E-state index contributed by atoms with van der Waals surface area (Å²) in [4.78, 5) is 17.6. The Kier molecular flexibility index (Phi) is 6.21. The minimum atomic E-state index is -0.621. The number of nitrogens with zero attached hydrogens (tertiary/aromatic N) is 2. The zero-order valence-electron chi connectivity index (χ0n) is 11.6. The van der Waals surface area contributed by atoms with E-state index in [9.17, 15) is 9.18 Å². The van der Waals surface area contributed by atoms with E-state index in [1.807, 2.05) is 13.8 Å². The summed E-state index contributed by atoms with van der Waals surface area (Å²) in [5, 5.41) is 2.62. The minimum Gasteiger partial charge on any atom is -0.380 e. The number of hydrogen-bond acceptors (Lipinski definition) is 4. The van der Waals surface area contributed by atoms with Crippen LogP contribution in [-0.2, 0) is 4.74 Å². The van der Waals surface area contributed by atoms with E-state index in [1.165, 1.54) is 12.3 Å². The van der Waals surface area contributed by atoms with Crippen molar-refractivity contribution in [3.05, 3.63) is 23.6 Å². The molecule has 106 valence electrons. The molecule has 0 bridgehead atoms. The number of halogens is 1. The maximum atomic E-state index is 14.0. The standard InChI is InChI=1S/C13H20FN3O2/c1-4-17(8-9-19-5-2)13(18)10-6-7-16-12(15-3)11(10)14/h6-7H,4-5,8-9H2,1-3H3,(H,15,16). The van der Waals surface area contributed by atoms with Gasteiger partial charge < -0.3 is 15.0 Å². The molecule has 0 aliphatic heterocycles. The van der Waals surface area contributed by atoms with Gasteiger partial charge in [-0.3, -0.25) is 4.79 Å². The summed E-state index contributed by atoms with van der Waals surface area (Å²) in [6, 6.07) is 1.39. The number of aromatic nitrogens is 1. The second-order valence-electron chi connectivity index (χ2n) is 3.85. The normalized spacial score (nSPS) is 10.3. The molecule has 1 aromatic rings. The summed E-state index contributed by atoms with van der Waals surface area (Å²) in [5.74, 6) is -0.893. The molecule has 1 N–H and O–H groups in total. The number of anilines is 1. The lowest BCUT2D eigenvalue weighted by molar-refractivity contribution is 0.0665. The first kappa shape index (κ1) is 15.4. The van der Waals surface area contributed by atoms with E-state index >= 15 is 0 Å². The van der Waals surface area contributed by atoms with E-state index < -0.39 is 5.82 Å². The Hall–Kier alpha value is -1.69. The molecule has 1 rings (SSSR count). The summed E-state index contributed by atoms with van der Waals surface area (Å²) >= 11 is 0. The highest BCUT2D eigenvalue weighted by atomic mass is 19.1. The van der Waals surface area contributed by atoms with Crippen molar-refractivity contribution in [3.63, 3.8) is 0 Å². The number of carbonyl (C=O) groups is 1. The van der Waals surface area contributed by atoms with Gasteiger partial charge in [0.15, 0.2) is 11.6 Å². The van der Waals surface area contributed by atoms with Crippen LogP contribution >= 0.6 is 0 Å². The number of amides is 1. The molecule has 0 unspecified atom stereocenters. The zero-order chi connectivity index (χ0) is 14.3. The van der Waals surface area contributed by atoms with Crippen LogP contribution in [0.25, 0.3) is 0 Å². The smallest absolute Gasteiger partial charge is 0.257 e. The molecule has 1 aromatic heterocycles. The average molecular weight is 269 g/mol. The van der Waals surface area contributed by atoms with E-state index in [2.05, 4.69) is 10.3 Å². The molecule has 0 spiro atoms. The number of carbonyl (C=O) groups excluding carboxylic acids is 1. The molecule has 1 heterocycles. The highest BCUT2D eigenvalue weighted by Gasteiger charge is 2.20. The Morgan fingerprint density at radius 1 is 1.53 bits per heavy atom. The quantitative estimate of drug-likeness (QED) is 0.766. The molecule has 0 aromatic carbocycles. The van der Waals surface area contributed by atoms with Crippen LogP contribution in [-0.4, -0.2) is 49.1 Å². The SMILES string of the molecule is CCOCCN(CC)C(=O)c1ccnc(NC)c1F. The maximum Gasteiger partial charge on any atom is 0.257 e. The third-order valence-electron chi connectivity index (χ3n) is 2.74. The Labute approximate surface area is 112 Å². The van der Waals surface area contributed by atoms with Crippen molar-refractivity contribution in [1.29, 1.82) is 0 Å². The third-order valence-corrected chi connectivity index (χ3v) is 2.74. The van der Waals surface area contributed by atoms with Crippen LogP contribution in [0.5, 0.6) is 0 Å². The van der Waals surface area contributed by atoms with Crippen molar-refractivity contribution in [2.24, 2.45) is 0 Å². The van der Waals surface area contributed by atoms with Crippen molar-refractivity contribution in [1.82, 2.24) is 9.88 Å². The number of pyridine rings is 1. The van der Waals surface area contributed by atoms with Gasteiger partial charge in [-0.1, -0.05) is 0 Å². The molecule has 5 nitrogen and oxygen atoms in total. The zero-order valence-corrected chi connectivity index (χ0v) is 11.6. The number of rotatable bonds is 7. The summed E-state index contributed by atoms with van der Waals surface area (Å²) in [6.07, 6.45) is 1.42. The second-order valence-corrected chi connectivity index (χ2v) is 3.85. The fraction of sp³-hybridized carbons (Fsp3) is 0.538. The van der Waals surface area contributed by atoms with E-state index in [0.29, 0.717) is 26.3 Å². The van der Waals surface area contributed by atoms with Crippen LogP contribution in [0.2, 0.25) is 0 Å². The fourth-order valence-corrected chi connectivity index (χ4v) is 1.68. The lowest BCUT2D eigenvalue weighted by atomic mass is 10.2. The number of hydrogen-bond donors (Lipinski definition) is 1. The predicted molar refractivity (Wildman–Crippen MR) is 71.8 cm³/mol. The first-order chi connectivity index (χ1) is 9.15. The summed E-state index contributed by atoms with van der Waals surface area (Å²) in [5.41, 5.74) is 0.0256. The third kappa shape index (κ3) is 3.89. The van der Waals surface area contributed by atoms with E-state index in [-0.39, 0.29) is 17.3 Å². The van der Waals surface area contributed by atoms with Crippen molar-refractivity contribution in [2.45, 2.75) is 13.8 Å². The molecule has 0 aliphatic carbocycles. The monoisotopic (exact) mass is 269 g/mol. The van der Waals surface area contributed by atoms with Crippen LogP contribution in [0, 0.1) is 5.82 Å². The number of nitrogens with one attached hydrogen (secondary N) is 1. The van der Waals surface area contributed by atoms with E-state index in [4.69, 9.17) is 4.74 Å². The molecular weight excluding hydrogens is 249 g/mol. The molecule has 1 amide bonds. The van der Waals surface area contributed by atoms with Gasteiger partial charge in [-0.05, 0) is 19.9 Å². The highest BCUT2D eigenvalue weighted by molar-refractivity contribution is 5.95. The topological polar surface area (TPSA) is 54.5 Å². The van der Waals surface area contributed by atoms with Crippen LogP contribution in [0.1, 0.15) is 24.2 Å². The molecule has 6 heteroatoms. The predicted octanol–water partition coefficient (Wildman–Crippen LogP) is 1.76. The first-order valence-electron chi connectivity index (χ1n) is 6.34. The van der Waals surface area contributed by atoms with Gasteiger partial charge in [0.1, 0.15) is 0 Å². The molecule has 0 atom stereocenters. The number of likely N-dealkylation sites (N-methyl/N-ethyl adjacent to an activating group) is 1. The molecule has 0 radical (unpaired) electrons. The largest absolute Gasteiger partial charge is 0.380 e. The molecular formula is C13H20FN3O2. The fourth-order valence-electron chi connectivity index (χ4n) is 1.68. The average Bonchev–Trinajstić information content (AvgIpc) is 2.43. The van der Waals surface area contributed by atoms with Gasteiger partial charge in [0.05, 0.1) is 12.2 Å². The maximum absolute atomic E-state index is 14.0. The highest BCUT2D eigenvalue weighted by Crippen LogP contribution is 2.16. The molecule has 0 saturated heterocycles. The second kappa shape index (κ2) is 7.68. The van der Waals surface area contributed by atoms with Gasteiger partial charge in [-0.25, -0.2) is 9.37 Å². The first-order valence-corrected chi connectivity index (χ1v) is 6.34. The molecule has 0 fully saturated rings. The van der Waals surface area contributed by atoms with Gasteiger partial charge >= 0.3 is 0 Å². The lowest BCUT2D eigenvalue weighted by Gasteiger charge is -2.21. The Balaban J connectivity index is 2.85. The Morgan fingerprint density at radius 3 is 2.84 bits per heavy atom. The molecule has 19 heavy (non-hydrogen) atoms. The molecule has 0 aliphatic rings. The summed E-state index contributed by atoms with van der Waals surface area (Å²) in [7, 11) is 1.56. The van der Waals surface area contributed by atoms with Crippen LogP contribution < -0.4 is 5.32 Å². The van der Waals surface area contributed by atoms with Crippen LogP contribution in [0.3, 0.4) is 0 Å². The Bertz CT molecular complexity index is 426. The van der Waals surface area contributed by atoms with Gasteiger partial charge in [-0.15, -0.1) is 0 Å². The van der Waals surface area contributed by atoms with Gasteiger partial charge in [0, 0.05) is 32.9 Å². The summed E-state index contributed by atoms with van der Waals surface area (Å²) in [6.45, 7) is 5.73. The van der Waals surface area contributed by atoms with Crippen molar-refractivity contribution < 1.29 is 13.9 Å². The molecule has 0 saturated carbocycles. The number of ether oxygens (including phenoxy) is 1. The minimum absolute atomic E-state index is 0.0256. The van der Waals surface area contributed by atoms with Gasteiger partial charge in [0.25, 0.3) is 5.91 Å². The lowest BCUT2D eigenvalue weighted by Crippen LogP contribution is -2.34. The van der Waals surface area contributed by atoms with Crippen molar-refractivity contribution in [2.75, 3.05) is 38.7 Å². The Morgan fingerprint density at radius 2 is 2.26 bits per heavy atom. The summed E-state index contributed by atoms with van der Waals surface area (Å²) < 4.78 is 19.2. The van der Waals surface area contributed by atoms with E-state index in [0.717, 1.165) is 0 Å². The van der Waals surface area contributed by atoms with Gasteiger partial charge in [0.2, 0.25) is 0 Å². The van der Waals surface area contributed by atoms with Crippen LogP contribution in [0.15, 0.2) is 12.3 Å². The van der Waals surface area contributed by atoms with Gasteiger partial charge in [-0.2, -0.15) is 0 Å². The van der Waals surface area contributed by atoms with E-state index in [1.54, 1.807) is 11.9 Å². The van der Waals surface area contributed by atoms with Crippen molar-refractivity contribution >= 4 is 11.7 Å². The van der Waals surface area contributed by atoms with Crippen LogP contribution in [0.4, 0.5) is 10.2 Å².